The number of nitrogens with zero attached hydrogens (tertiary/aromatic N) is 3. The average molecular weight is 586 g/mol. The first kappa shape index (κ1) is 28.6. The highest BCUT2D eigenvalue weighted by Crippen LogP contribution is 2.36. The summed E-state index contributed by atoms with van der Waals surface area (Å²) >= 11 is 0. The van der Waals surface area contributed by atoms with Gasteiger partial charge in [-0.3, -0.25) is 13.9 Å². The lowest BCUT2D eigenvalue weighted by molar-refractivity contribution is -0.128. The molecule has 0 N–H and O–H groups in total. The molecule has 0 aliphatic rings. The van der Waals surface area contributed by atoms with Crippen molar-refractivity contribution in [1.82, 2.24) is 4.98 Å². The van der Waals surface area contributed by atoms with Crippen molar-refractivity contribution in [2.24, 2.45) is 0 Å². The number of fused-ring (bicyclic) bond motifs is 1. The Morgan fingerprint density at radius 2 is 1.43 bits per heavy atom. The Kier molecular flexibility index (Phi) is 8.16. The summed E-state index contributed by atoms with van der Waals surface area (Å²) in [6.45, 7) is 2.32. The van der Waals surface area contributed by atoms with Crippen LogP contribution in [0.25, 0.3) is 10.8 Å². The lowest BCUT2D eigenvalue weighted by Gasteiger charge is -2.27. The summed E-state index contributed by atoms with van der Waals surface area (Å²) in [6.07, 6.45) is 1.21. The van der Waals surface area contributed by atoms with Crippen molar-refractivity contribution in [3.8, 4) is 0 Å². The number of hydrogen-bond acceptors (Lipinski definition) is 8. The first-order valence-electron chi connectivity index (χ1n) is 11.9. The van der Waals surface area contributed by atoms with Crippen LogP contribution in [0.1, 0.15) is 24.2 Å². The van der Waals surface area contributed by atoms with E-state index in [4.69, 9.17) is 4.74 Å². The molecule has 0 unspecified atom stereocenters. The smallest absolute Gasteiger partial charge is 0.294 e. The van der Waals surface area contributed by atoms with Crippen molar-refractivity contribution in [2.45, 2.75) is 23.6 Å². The number of ether oxygens (including phenoxy) is 1. The summed E-state index contributed by atoms with van der Waals surface area (Å²) in [7, 11) is -8.51. The lowest BCUT2D eigenvalue weighted by Crippen LogP contribution is -2.35. The minimum Gasteiger partial charge on any atom is -0.445 e. The predicted octanol–water partition coefficient (Wildman–Crippen LogP) is 4.12. The summed E-state index contributed by atoms with van der Waals surface area (Å²) in [5.41, 5.74) is 0.468. The topological polar surface area (TPSA) is 131 Å². The Labute approximate surface area is 230 Å². The number of halogens is 1. The molecule has 0 fully saturated rings. The van der Waals surface area contributed by atoms with Crippen LogP contribution in [0, 0.1) is 5.82 Å². The van der Waals surface area contributed by atoms with Crippen LogP contribution in [-0.2, 0) is 29.6 Å². The molecule has 4 rings (SSSR count). The van der Waals surface area contributed by atoms with E-state index < -0.39 is 32.6 Å². The summed E-state index contributed by atoms with van der Waals surface area (Å²) < 4.78 is 74.5. The number of anilines is 2. The van der Waals surface area contributed by atoms with E-state index in [9.17, 15) is 30.8 Å². The number of aromatic nitrogens is 1. The maximum absolute atomic E-state index is 13.7. The van der Waals surface area contributed by atoms with Gasteiger partial charge in [0.1, 0.15) is 5.82 Å². The summed E-state index contributed by atoms with van der Waals surface area (Å²) in [4.78, 5) is 26.7. The molecule has 40 heavy (non-hydrogen) atoms. The molecule has 1 aromatic heterocycles. The maximum atomic E-state index is 13.7. The summed E-state index contributed by atoms with van der Waals surface area (Å²) in [5, 5.41) is 0.601. The van der Waals surface area contributed by atoms with Gasteiger partial charge in [-0.15, -0.1) is 0 Å². The fraction of sp³-hybridized carbons (Fsp3) is 0.148. The summed E-state index contributed by atoms with van der Waals surface area (Å²) in [6, 6.07) is 16.1. The van der Waals surface area contributed by atoms with Gasteiger partial charge in [-0.25, -0.2) is 30.5 Å². The van der Waals surface area contributed by atoms with Gasteiger partial charge in [-0.1, -0.05) is 36.4 Å². The Morgan fingerprint density at radius 3 is 1.98 bits per heavy atom. The number of pyridine rings is 1. The van der Waals surface area contributed by atoms with Crippen LogP contribution in [0.3, 0.4) is 0 Å². The molecule has 0 spiro atoms. The van der Waals surface area contributed by atoms with Crippen molar-refractivity contribution in [3.63, 3.8) is 0 Å². The van der Waals surface area contributed by atoms with Gasteiger partial charge < -0.3 is 4.74 Å². The van der Waals surface area contributed by atoms with Gasteiger partial charge >= 0.3 is 0 Å². The molecule has 0 aliphatic carbocycles. The van der Waals surface area contributed by atoms with Crippen LogP contribution in [0.2, 0.25) is 0 Å². The van der Waals surface area contributed by atoms with E-state index in [1.165, 1.54) is 37.4 Å². The number of carbonyl (C=O) groups is 2. The zero-order valence-corrected chi connectivity index (χ0v) is 23.0. The minimum absolute atomic E-state index is 0.0104. The molecule has 208 valence electrons. The maximum Gasteiger partial charge on any atom is 0.294 e. The second-order valence-electron chi connectivity index (χ2n) is 8.46. The van der Waals surface area contributed by atoms with Gasteiger partial charge in [0, 0.05) is 22.9 Å². The van der Waals surface area contributed by atoms with Gasteiger partial charge in [0.05, 0.1) is 21.7 Å². The highest BCUT2D eigenvalue weighted by atomic mass is 32.2. The SMILES string of the molecule is CCN(c1cnc(N(COC=O)S(=O)(=O)c2ccc(C(C)=O)cc2)c2ccccc12)S(=O)(=O)c1ccc(F)cc1. The average Bonchev–Trinajstić information content (AvgIpc) is 2.94. The van der Waals surface area contributed by atoms with Gasteiger partial charge in [-0.05, 0) is 50.2 Å². The quantitative estimate of drug-likeness (QED) is 0.146. The fourth-order valence-electron chi connectivity index (χ4n) is 4.10. The third-order valence-electron chi connectivity index (χ3n) is 6.06. The molecular weight excluding hydrogens is 561 g/mol. The minimum atomic E-state index is -4.37. The van der Waals surface area contributed by atoms with Crippen molar-refractivity contribution >= 4 is 54.6 Å². The van der Waals surface area contributed by atoms with E-state index >= 15 is 0 Å². The van der Waals surface area contributed by atoms with Crippen LogP contribution in [0.15, 0.2) is 88.8 Å². The van der Waals surface area contributed by atoms with E-state index in [0.29, 0.717) is 10.9 Å². The van der Waals surface area contributed by atoms with E-state index in [1.807, 2.05) is 0 Å². The van der Waals surface area contributed by atoms with Crippen molar-refractivity contribution < 1.29 is 35.6 Å². The molecule has 10 nitrogen and oxygen atoms in total. The van der Waals surface area contributed by atoms with Gasteiger partial charge in [-0.2, -0.15) is 0 Å². The molecule has 1 heterocycles. The monoisotopic (exact) mass is 585 g/mol. The van der Waals surface area contributed by atoms with Crippen LogP contribution >= 0.6 is 0 Å². The molecule has 0 aliphatic heterocycles. The number of carbonyl (C=O) groups excluding carboxylic acids is 2. The Bertz CT molecular complexity index is 1780. The van der Waals surface area contributed by atoms with E-state index in [0.717, 1.165) is 32.9 Å². The van der Waals surface area contributed by atoms with Crippen LogP contribution in [-0.4, -0.2) is 47.4 Å². The molecule has 0 radical (unpaired) electrons. The zero-order valence-electron chi connectivity index (χ0n) is 21.4. The molecule has 3 aromatic carbocycles. The molecule has 0 amide bonds. The van der Waals surface area contributed by atoms with Crippen molar-refractivity contribution in [3.05, 3.63) is 90.4 Å². The van der Waals surface area contributed by atoms with Crippen molar-refractivity contribution in [1.29, 1.82) is 0 Å². The number of Topliss-reactive ketones (excluding diaryl/α,β-unsaturated/α-hetero) is 1. The molecule has 0 bridgehead atoms. The van der Waals surface area contributed by atoms with E-state index in [1.54, 1.807) is 31.2 Å². The Morgan fingerprint density at radius 1 is 0.875 bits per heavy atom. The van der Waals surface area contributed by atoms with Crippen LogP contribution < -0.4 is 8.61 Å². The standard InChI is InChI=1S/C27H24FN3O7S2/c1-3-30(39(34,35)23-14-10-21(28)11-15-23)26-16-29-27(25-7-5-4-6-24(25)26)31(17-38-18-32)40(36,37)22-12-8-20(9-13-22)19(2)33/h4-16,18H,3,17H2,1-2H3. The normalized spacial score (nSPS) is 11.7. The molecule has 0 saturated heterocycles. The Balaban J connectivity index is 1.88. The fourth-order valence-corrected chi connectivity index (χ4v) is 6.88. The van der Waals surface area contributed by atoms with Gasteiger partial charge in [0.25, 0.3) is 26.5 Å². The first-order chi connectivity index (χ1) is 19.0. The largest absolute Gasteiger partial charge is 0.445 e. The highest BCUT2D eigenvalue weighted by Gasteiger charge is 2.31. The lowest BCUT2D eigenvalue weighted by atomic mass is 10.1. The molecule has 0 saturated carbocycles. The second-order valence-corrected chi connectivity index (χ2v) is 12.2. The number of ketones is 1. The number of benzene rings is 3. The van der Waals surface area contributed by atoms with E-state index in [-0.39, 0.29) is 45.5 Å². The summed E-state index contributed by atoms with van der Waals surface area (Å²) in [5.74, 6) is -0.954. The molecular formula is C27H24FN3O7S2. The zero-order chi connectivity index (χ0) is 29.1. The number of sulfonamides is 2. The molecule has 0 atom stereocenters. The van der Waals surface area contributed by atoms with Gasteiger partial charge in [0.15, 0.2) is 18.3 Å². The van der Waals surface area contributed by atoms with E-state index in [2.05, 4.69) is 4.98 Å². The first-order valence-corrected chi connectivity index (χ1v) is 14.8. The highest BCUT2D eigenvalue weighted by molar-refractivity contribution is 7.93. The van der Waals surface area contributed by atoms with Crippen molar-refractivity contribution in [2.75, 3.05) is 21.9 Å². The predicted molar refractivity (Wildman–Crippen MR) is 146 cm³/mol. The Hall–Kier alpha value is -4.36. The van der Waals surface area contributed by atoms with Crippen LogP contribution in [0.4, 0.5) is 15.9 Å². The van der Waals surface area contributed by atoms with Gasteiger partial charge in [0.2, 0.25) is 0 Å². The number of rotatable bonds is 11. The second kappa shape index (κ2) is 11.4. The number of hydrogen-bond donors (Lipinski definition) is 0. The molecule has 4 aromatic rings. The third-order valence-corrected chi connectivity index (χ3v) is 9.69. The van der Waals surface area contributed by atoms with Crippen LogP contribution in [0.5, 0.6) is 0 Å². The molecule has 13 heteroatoms. The third kappa shape index (κ3) is 5.38.